The molecule has 1 saturated heterocycles. The summed E-state index contributed by atoms with van der Waals surface area (Å²) in [5, 5.41) is 9.31. The third-order valence-electron chi connectivity index (χ3n) is 4.16. The summed E-state index contributed by atoms with van der Waals surface area (Å²) in [5.41, 5.74) is 7.06. The van der Waals surface area contributed by atoms with Crippen molar-refractivity contribution in [3.05, 3.63) is 66.1 Å². The number of benzene rings is 1. The van der Waals surface area contributed by atoms with E-state index in [2.05, 4.69) is 31.6 Å². The minimum Gasteiger partial charge on any atom is -0.405 e. The van der Waals surface area contributed by atoms with Crippen LogP contribution in [-0.2, 0) is 0 Å². The predicted molar refractivity (Wildman–Crippen MR) is 107 cm³/mol. The monoisotopic (exact) mass is 368 g/mol. The van der Waals surface area contributed by atoms with Gasteiger partial charge >= 0.3 is 0 Å². The lowest BCUT2D eigenvalue weighted by Crippen LogP contribution is -2.46. The molecule has 1 aliphatic heterocycles. The van der Waals surface area contributed by atoms with Gasteiger partial charge in [-0.05, 0) is 18.3 Å². The number of halogens is 1. The molecular weight excluding hydrogens is 348 g/mol. The van der Waals surface area contributed by atoms with Gasteiger partial charge in [0.25, 0.3) is 0 Å². The first-order chi connectivity index (χ1) is 12.7. The molecule has 1 aromatic carbocycles. The van der Waals surface area contributed by atoms with Gasteiger partial charge in [-0.15, -0.1) is 10.2 Å². The number of nitrogens with zero attached hydrogens (tertiary/aromatic N) is 5. The Morgan fingerprint density at radius 2 is 1.88 bits per heavy atom. The molecule has 7 heteroatoms. The maximum Gasteiger partial charge on any atom is 0.170 e. The number of nitrogens with two attached hydrogens (primary N) is 1. The van der Waals surface area contributed by atoms with E-state index in [1.165, 1.54) is 6.20 Å². The number of hydrogen-bond donors (Lipinski definition) is 1. The molecule has 134 valence electrons. The average molecular weight is 369 g/mol. The number of hydrogen-bond acceptors (Lipinski definition) is 6. The van der Waals surface area contributed by atoms with Crippen LogP contribution in [-0.4, -0.2) is 47.5 Å². The van der Waals surface area contributed by atoms with Gasteiger partial charge in [-0.3, -0.25) is 0 Å². The van der Waals surface area contributed by atoms with Crippen LogP contribution in [0, 0.1) is 0 Å². The Hall–Kier alpha value is -2.86. The highest BCUT2D eigenvalue weighted by atomic mass is 35.5. The zero-order valence-electron chi connectivity index (χ0n) is 14.4. The SMILES string of the molecule is C=C(N=C/C=C\N)N1CCN(c2nnc(-c3ccccc3)cc2Cl)CC1. The molecule has 1 aliphatic rings. The molecule has 0 unspecified atom stereocenters. The van der Waals surface area contributed by atoms with Gasteiger partial charge in [-0.2, -0.15) is 0 Å². The summed E-state index contributed by atoms with van der Waals surface area (Å²) in [5.74, 6) is 1.44. The fraction of sp³-hybridized carbons (Fsp3) is 0.211. The molecule has 2 N–H and O–H groups in total. The smallest absolute Gasteiger partial charge is 0.170 e. The summed E-state index contributed by atoms with van der Waals surface area (Å²) in [7, 11) is 0. The first-order valence-electron chi connectivity index (χ1n) is 8.37. The zero-order chi connectivity index (χ0) is 18.4. The molecule has 2 aromatic rings. The predicted octanol–water partition coefficient (Wildman–Crippen LogP) is 2.93. The molecular formula is C19H21ClN6. The van der Waals surface area contributed by atoms with E-state index in [9.17, 15) is 0 Å². The van der Waals surface area contributed by atoms with Gasteiger partial charge in [-0.1, -0.05) is 48.5 Å². The largest absolute Gasteiger partial charge is 0.405 e. The lowest BCUT2D eigenvalue weighted by Gasteiger charge is -2.36. The standard InChI is InChI=1S/C19H21ClN6/c1-15(22-9-5-8-21)25-10-12-26(13-11-25)19-17(20)14-18(23-24-19)16-6-3-2-4-7-16/h2-9,14H,1,10-13,21H2/b8-5-,22-9?. The van der Waals surface area contributed by atoms with E-state index in [4.69, 9.17) is 17.3 Å². The number of aromatic nitrogens is 2. The Bertz CT molecular complexity index is 810. The number of aliphatic imine (C=N–C) groups is 1. The van der Waals surface area contributed by atoms with Crippen LogP contribution < -0.4 is 10.6 Å². The van der Waals surface area contributed by atoms with E-state index < -0.39 is 0 Å². The average Bonchev–Trinajstić information content (AvgIpc) is 2.69. The molecule has 0 radical (unpaired) electrons. The number of piperazine rings is 1. The second-order valence-electron chi connectivity index (χ2n) is 5.82. The van der Waals surface area contributed by atoms with Crippen molar-refractivity contribution < 1.29 is 0 Å². The molecule has 0 atom stereocenters. The fourth-order valence-electron chi connectivity index (χ4n) is 2.76. The van der Waals surface area contributed by atoms with Crippen molar-refractivity contribution in [2.75, 3.05) is 31.1 Å². The van der Waals surface area contributed by atoms with Crippen molar-refractivity contribution in [2.45, 2.75) is 0 Å². The third-order valence-corrected chi connectivity index (χ3v) is 4.44. The normalized spacial score (nSPS) is 15.1. The summed E-state index contributed by atoms with van der Waals surface area (Å²) in [6.07, 6.45) is 4.75. The fourth-order valence-corrected chi connectivity index (χ4v) is 3.02. The first-order valence-corrected chi connectivity index (χ1v) is 8.75. The molecule has 0 spiro atoms. The number of anilines is 1. The van der Waals surface area contributed by atoms with E-state index in [0.717, 1.165) is 43.3 Å². The van der Waals surface area contributed by atoms with Crippen LogP contribution in [0.5, 0.6) is 0 Å². The summed E-state index contributed by atoms with van der Waals surface area (Å²) in [6.45, 7) is 7.13. The van der Waals surface area contributed by atoms with Crippen LogP contribution in [0.3, 0.4) is 0 Å². The van der Waals surface area contributed by atoms with Crippen LogP contribution in [0.4, 0.5) is 5.82 Å². The van der Waals surface area contributed by atoms with Gasteiger partial charge in [0.2, 0.25) is 0 Å². The topological polar surface area (TPSA) is 70.6 Å². The van der Waals surface area contributed by atoms with E-state index in [1.807, 2.05) is 36.4 Å². The van der Waals surface area contributed by atoms with Crippen LogP contribution >= 0.6 is 11.6 Å². The van der Waals surface area contributed by atoms with E-state index in [-0.39, 0.29) is 0 Å². The Balaban J connectivity index is 1.65. The molecule has 0 amide bonds. The molecule has 6 nitrogen and oxygen atoms in total. The van der Waals surface area contributed by atoms with Gasteiger partial charge in [0, 0.05) is 38.0 Å². The van der Waals surface area contributed by atoms with Crippen molar-refractivity contribution in [1.29, 1.82) is 0 Å². The molecule has 1 aromatic heterocycles. The second-order valence-corrected chi connectivity index (χ2v) is 6.23. The molecule has 26 heavy (non-hydrogen) atoms. The maximum atomic E-state index is 6.48. The lowest BCUT2D eigenvalue weighted by molar-refractivity contribution is 0.319. The summed E-state index contributed by atoms with van der Waals surface area (Å²) >= 11 is 6.48. The van der Waals surface area contributed by atoms with Gasteiger partial charge in [-0.25, -0.2) is 4.99 Å². The molecule has 2 heterocycles. The van der Waals surface area contributed by atoms with E-state index in [1.54, 1.807) is 12.3 Å². The van der Waals surface area contributed by atoms with Crippen molar-refractivity contribution >= 4 is 23.6 Å². The van der Waals surface area contributed by atoms with Gasteiger partial charge in [0.15, 0.2) is 5.82 Å². The Morgan fingerprint density at radius 3 is 2.54 bits per heavy atom. The Labute approximate surface area is 158 Å². The molecule has 3 rings (SSSR count). The highest BCUT2D eigenvalue weighted by Gasteiger charge is 2.21. The van der Waals surface area contributed by atoms with Crippen molar-refractivity contribution in [2.24, 2.45) is 10.7 Å². The molecule has 0 saturated carbocycles. The van der Waals surface area contributed by atoms with Crippen molar-refractivity contribution in [3.63, 3.8) is 0 Å². The Morgan fingerprint density at radius 1 is 1.15 bits per heavy atom. The van der Waals surface area contributed by atoms with Crippen LogP contribution in [0.25, 0.3) is 11.3 Å². The van der Waals surface area contributed by atoms with Crippen LogP contribution in [0.15, 0.2) is 66.1 Å². The maximum absolute atomic E-state index is 6.48. The molecule has 1 fully saturated rings. The summed E-state index contributed by atoms with van der Waals surface area (Å²) in [6, 6.07) is 11.8. The second kappa shape index (κ2) is 8.49. The highest BCUT2D eigenvalue weighted by molar-refractivity contribution is 6.33. The van der Waals surface area contributed by atoms with Gasteiger partial charge < -0.3 is 15.5 Å². The van der Waals surface area contributed by atoms with E-state index >= 15 is 0 Å². The minimum atomic E-state index is 0.609. The van der Waals surface area contributed by atoms with Gasteiger partial charge in [0.1, 0.15) is 5.82 Å². The lowest BCUT2D eigenvalue weighted by atomic mass is 10.1. The minimum absolute atomic E-state index is 0.609. The number of rotatable bonds is 5. The first kappa shape index (κ1) is 17.9. The van der Waals surface area contributed by atoms with Crippen molar-refractivity contribution in [3.8, 4) is 11.3 Å². The third kappa shape index (κ3) is 4.21. The summed E-state index contributed by atoms with van der Waals surface area (Å²) in [4.78, 5) is 8.52. The quantitative estimate of drug-likeness (QED) is 0.821. The molecule has 0 aliphatic carbocycles. The van der Waals surface area contributed by atoms with Crippen LogP contribution in [0.1, 0.15) is 0 Å². The number of allylic oxidation sites excluding steroid dienone is 1. The molecule has 0 bridgehead atoms. The van der Waals surface area contributed by atoms with Crippen molar-refractivity contribution in [1.82, 2.24) is 15.1 Å². The summed E-state index contributed by atoms with van der Waals surface area (Å²) < 4.78 is 0. The van der Waals surface area contributed by atoms with E-state index in [0.29, 0.717) is 10.8 Å². The van der Waals surface area contributed by atoms with Crippen LogP contribution in [0.2, 0.25) is 5.02 Å². The highest BCUT2D eigenvalue weighted by Crippen LogP contribution is 2.28. The zero-order valence-corrected chi connectivity index (χ0v) is 15.2. The van der Waals surface area contributed by atoms with Gasteiger partial charge in [0.05, 0.1) is 10.7 Å². The Kier molecular flexibility index (Phi) is 5.86.